The number of hydrogen-bond donors (Lipinski definition) is 1. The number of H-pyrrole nitrogens is 1. The van der Waals surface area contributed by atoms with Gasteiger partial charge < -0.3 is 14.5 Å². The zero-order chi connectivity index (χ0) is 25.6. The molecule has 0 radical (unpaired) electrons. The SMILES string of the molecule is CCOc1ccc2[nH]c(=O)c(CN(Cc3cccnc3)[C@@H](CC)c3nnnn3C[C@@H]3CCCO3)cc2c1. The molecule has 0 saturated carbocycles. The normalized spacial score (nSPS) is 16.5. The van der Waals surface area contributed by atoms with Crippen LogP contribution in [0.3, 0.4) is 0 Å². The van der Waals surface area contributed by atoms with Crippen molar-refractivity contribution in [1.29, 1.82) is 0 Å². The molecule has 1 aliphatic heterocycles. The largest absolute Gasteiger partial charge is 0.494 e. The van der Waals surface area contributed by atoms with Crippen molar-refractivity contribution in [3.05, 3.63) is 76.1 Å². The van der Waals surface area contributed by atoms with Crippen LogP contribution in [0.1, 0.15) is 56.1 Å². The van der Waals surface area contributed by atoms with E-state index in [1.54, 1.807) is 6.20 Å². The van der Waals surface area contributed by atoms with E-state index < -0.39 is 0 Å². The molecule has 2 atom stereocenters. The molecule has 0 unspecified atom stereocenters. The zero-order valence-corrected chi connectivity index (χ0v) is 21.3. The molecule has 4 heterocycles. The summed E-state index contributed by atoms with van der Waals surface area (Å²) in [5, 5.41) is 13.6. The molecule has 5 rings (SSSR count). The van der Waals surface area contributed by atoms with Crippen molar-refractivity contribution in [3.63, 3.8) is 0 Å². The molecule has 0 aliphatic carbocycles. The number of rotatable bonds is 11. The Balaban J connectivity index is 1.49. The summed E-state index contributed by atoms with van der Waals surface area (Å²) in [7, 11) is 0. The quantitative estimate of drug-likeness (QED) is 0.330. The number of hydrogen-bond acceptors (Lipinski definition) is 8. The van der Waals surface area contributed by atoms with Crippen molar-refractivity contribution < 1.29 is 9.47 Å². The highest BCUT2D eigenvalue weighted by Gasteiger charge is 2.28. The molecule has 0 spiro atoms. The van der Waals surface area contributed by atoms with Gasteiger partial charge >= 0.3 is 0 Å². The summed E-state index contributed by atoms with van der Waals surface area (Å²) in [6.07, 6.45) is 6.57. The van der Waals surface area contributed by atoms with Crippen LogP contribution in [0.15, 0.2) is 53.6 Å². The van der Waals surface area contributed by atoms with Crippen molar-refractivity contribution in [3.8, 4) is 5.75 Å². The molecule has 4 aromatic rings. The number of pyridine rings is 2. The number of fused-ring (bicyclic) bond motifs is 1. The first-order valence-corrected chi connectivity index (χ1v) is 12.9. The van der Waals surface area contributed by atoms with Gasteiger partial charge in [-0.1, -0.05) is 13.0 Å². The monoisotopic (exact) mass is 503 g/mol. The van der Waals surface area contributed by atoms with Crippen molar-refractivity contribution in [2.75, 3.05) is 13.2 Å². The van der Waals surface area contributed by atoms with Crippen molar-refractivity contribution >= 4 is 10.9 Å². The predicted octanol–water partition coefficient (Wildman–Crippen LogP) is 3.64. The number of nitrogens with one attached hydrogen (secondary N) is 1. The second kappa shape index (κ2) is 11.6. The van der Waals surface area contributed by atoms with E-state index in [1.807, 2.05) is 54.2 Å². The number of aromatic nitrogens is 6. The van der Waals surface area contributed by atoms with E-state index in [-0.39, 0.29) is 17.7 Å². The lowest BCUT2D eigenvalue weighted by atomic mass is 10.1. The maximum atomic E-state index is 13.1. The molecule has 1 aliphatic rings. The fourth-order valence-electron chi connectivity index (χ4n) is 4.99. The van der Waals surface area contributed by atoms with Crippen LogP contribution < -0.4 is 10.3 Å². The van der Waals surface area contributed by atoms with Gasteiger partial charge in [0.15, 0.2) is 5.82 Å². The lowest BCUT2D eigenvalue weighted by molar-refractivity contribution is 0.0888. The Labute approximate surface area is 215 Å². The summed E-state index contributed by atoms with van der Waals surface area (Å²) < 4.78 is 13.4. The Morgan fingerprint density at radius 3 is 2.92 bits per heavy atom. The first kappa shape index (κ1) is 25.0. The van der Waals surface area contributed by atoms with E-state index in [0.717, 1.165) is 53.9 Å². The molecule has 1 saturated heterocycles. The average molecular weight is 504 g/mol. The maximum absolute atomic E-state index is 13.1. The summed E-state index contributed by atoms with van der Waals surface area (Å²) in [5.74, 6) is 1.55. The van der Waals surface area contributed by atoms with E-state index in [2.05, 4.69) is 37.3 Å². The van der Waals surface area contributed by atoms with Gasteiger partial charge in [-0.2, -0.15) is 0 Å². The van der Waals surface area contributed by atoms with Crippen LogP contribution in [0, 0.1) is 0 Å². The predicted molar refractivity (Wildman–Crippen MR) is 139 cm³/mol. The van der Waals surface area contributed by atoms with E-state index in [4.69, 9.17) is 9.47 Å². The van der Waals surface area contributed by atoms with Crippen LogP contribution in [-0.4, -0.2) is 54.4 Å². The standard InChI is InChI=1S/C27H33N7O3/c1-3-25(26-30-31-32-34(26)18-23-8-6-12-37-23)33(16-19-7-5-11-28-15-19)17-21-13-20-14-22(36-4-2)9-10-24(20)29-27(21)35/h5,7,9-11,13-15,23,25H,3-4,6,8,12,16-18H2,1-2H3,(H,29,35)/t23-,25-/m0/s1. The molecule has 3 aromatic heterocycles. The van der Waals surface area contributed by atoms with Crippen LogP contribution in [0.4, 0.5) is 0 Å². The third-order valence-electron chi connectivity index (χ3n) is 6.77. The van der Waals surface area contributed by atoms with Crippen LogP contribution in [-0.2, 0) is 24.4 Å². The first-order chi connectivity index (χ1) is 18.1. The van der Waals surface area contributed by atoms with Crippen LogP contribution in [0.25, 0.3) is 10.9 Å². The summed E-state index contributed by atoms with van der Waals surface area (Å²) >= 11 is 0. The summed E-state index contributed by atoms with van der Waals surface area (Å²) in [5.41, 5.74) is 2.39. The third kappa shape index (κ3) is 5.86. The fourth-order valence-corrected chi connectivity index (χ4v) is 4.99. The molecule has 37 heavy (non-hydrogen) atoms. The number of tetrazole rings is 1. The van der Waals surface area contributed by atoms with E-state index in [9.17, 15) is 4.79 Å². The topological polar surface area (TPSA) is 111 Å². The van der Waals surface area contributed by atoms with Crippen LogP contribution in [0.5, 0.6) is 5.75 Å². The smallest absolute Gasteiger partial charge is 0.252 e. The molecular weight excluding hydrogens is 470 g/mol. The fraction of sp³-hybridized carbons (Fsp3) is 0.444. The molecule has 0 bridgehead atoms. The molecule has 1 N–H and O–H groups in total. The van der Waals surface area contributed by atoms with Gasteiger partial charge in [0.05, 0.1) is 25.3 Å². The van der Waals surface area contributed by atoms with Crippen molar-refractivity contribution in [2.24, 2.45) is 0 Å². The van der Waals surface area contributed by atoms with E-state index in [0.29, 0.717) is 31.8 Å². The first-order valence-electron chi connectivity index (χ1n) is 12.9. The van der Waals surface area contributed by atoms with Crippen LogP contribution in [0.2, 0.25) is 0 Å². The Kier molecular flexibility index (Phi) is 7.86. The number of aromatic amines is 1. The maximum Gasteiger partial charge on any atom is 0.252 e. The van der Waals surface area contributed by atoms with Gasteiger partial charge in [-0.25, -0.2) is 4.68 Å². The Bertz CT molecular complexity index is 1370. The van der Waals surface area contributed by atoms with Gasteiger partial charge in [0, 0.05) is 48.6 Å². The Hall–Kier alpha value is -3.63. The molecule has 1 fully saturated rings. The highest BCUT2D eigenvalue weighted by molar-refractivity contribution is 5.80. The second-order valence-electron chi connectivity index (χ2n) is 9.35. The second-order valence-corrected chi connectivity index (χ2v) is 9.35. The molecule has 0 amide bonds. The molecular formula is C27H33N7O3. The highest BCUT2D eigenvalue weighted by atomic mass is 16.5. The average Bonchev–Trinajstić information content (AvgIpc) is 3.59. The minimum atomic E-state index is -0.110. The van der Waals surface area contributed by atoms with Crippen molar-refractivity contribution in [2.45, 2.75) is 64.9 Å². The Morgan fingerprint density at radius 2 is 2.16 bits per heavy atom. The van der Waals surface area contributed by atoms with Gasteiger partial charge in [0.25, 0.3) is 5.56 Å². The number of benzene rings is 1. The lowest BCUT2D eigenvalue weighted by Crippen LogP contribution is -2.33. The van der Waals surface area contributed by atoms with Gasteiger partial charge in [0.2, 0.25) is 0 Å². The summed E-state index contributed by atoms with van der Waals surface area (Å²) in [4.78, 5) is 22.7. The number of ether oxygens (including phenoxy) is 2. The zero-order valence-electron chi connectivity index (χ0n) is 21.3. The van der Waals surface area contributed by atoms with Crippen molar-refractivity contribution in [1.82, 2.24) is 35.1 Å². The summed E-state index contributed by atoms with van der Waals surface area (Å²) in [6, 6.07) is 11.5. The van der Waals surface area contributed by atoms with Gasteiger partial charge in [0.1, 0.15) is 5.75 Å². The highest BCUT2D eigenvalue weighted by Crippen LogP contribution is 2.28. The number of nitrogens with zero attached hydrogens (tertiary/aromatic N) is 6. The van der Waals surface area contributed by atoms with Gasteiger partial charge in [-0.15, -0.1) is 5.10 Å². The van der Waals surface area contributed by atoms with Crippen LogP contribution >= 0.6 is 0 Å². The van der Waals surface area contributed by atoms with Gasteiger partial charge in [-0.3, -0.25) is 14.7 Å². The summed E-state index contributed by atoms with van der Waals surface area (Å²) in [6.45, 7) is 7.07. The Morgan fingerprint density at radius 1 is 1.24 bits per heavy atom. The molecule has 1 aromatic carbocycles. The molecule has 10 heteroatoms. The minimum Gasteiger partial charge on any atom is -0.494 e. The lowest BCUT2D eigenvalue weighted by Gasteiger charge is -2.30. The molecule has 194 valence electrons. The van der Waals surface area contributed by atoms with E-state index in [1.165, 1.54) is 0 Å². The molecule has 10 nitrogen and oxygen atoms in total. The van der Waals surface area contributed by atoms with Gasteiger partial charge in [-0.05, 0) is 72.5 Å². The minimum absolute atomic E-state index is 0.110. The third-order valence-corrected chi connectivity index (χ3v) is 6.77. The van der Waals surface area contributed by atoms with E-state index >= 15 is 0 Å².